The summed E-state index contributed by atoms with van der Waals surface area (Å²) in [6.45, 7) is 4.04. The van der Waals surface area contributed by atoms with Crippen molar-refractivity contribution >= 4 is 5.78 Å². The molecule has 0 fully saturated rings. The summed E-state index contributed by atoms with van der Waals surface area (Å²) in [5, 5.41) is 10.3. The summed E-state index contributed by atoms with van der Waals surface area (Å²) in [5.41, 5.74) is 1.86. The van der Waals surface area contributed by atoms with Crippen LogP contribution in [0.5, 0.6) is 17.2 Å². The second-order valence-electron chi connectivity index (χ2n) is 7.08. The molecule has 1 N–H and O–H groups in total. The molecule has 0 saturated heterocycles. The summed E-state index contributed by atoms with van der Waals surface area (Å²) in [4.78, 5) is 12.6. The van der Waals surface area contributed by atoms with Gasteiger partial charge in [0.25, 0.3) is 0 Å². The molecule has 0 aliphatic carbocycles. The third kappa shape index (κ3) is 2.42. The van der Waals surface area contributed by atoms with Crippen LogP contribution in [0.15, 0.2) is 36.4 Å². The SMILES string of the molecule is CC1(C)CCc2c(cc(O)c3c2O[C@H](c2ccccc2)CC3=O)O1. The van der Waals surface area contributed by atoms with Gasteiger partial charge in [0.2, 0.25) is 0 Å². The zero-order valence-electron chi connectivity index (χ0n) is 13.8. The van der Waals surface area contributed by atoms with E-state index in [1.165, 1.54) is 0 Å². The first kappa shape index (κ1) is 15.1. The predicted molar refractivity (Wildman–Crippen MR) is 89.9 cm³/mol. The maximum atomic E-state index is 12.6. The number of carbonyl (C=O) groups is 1. The van der Waals surface area contributed by atoms with Crippen molar-refractivity contribution in [3.63, 3.8) is 0 Å². The van der Waals surface area contributed by atoms with Crippen LogP contribution in [0.1, 0.15) is 54.3 Å². The number of aromatic hydroxyl groups is 1. The number of ketones is 1. The molecule has 4 rings (SSSR count). The maximum Gasteiger partial charge on any atom is 0.174 e. The van der Waals surface area contributed by atoms with Crippen LogP contribution in [0.4, 0.5) is 0 Å². The van der Waals surface area contributed by atoms with Gasteiger partial charge in [0, 0.05) is 11.6 Å². The molecule has 0 unspecified atom stereocenters. The second kappa shape index (κ2) is 5.26. The lowest BCUT2D eigenvalue weighted by molar-refractivity contribution is 0.0759. The fraction of sp³-hybridized carbons (Fsp3) is 0.350. The highest BCUT2D eigenvalue weighted by atomic mass is 16.5. The molecular formula is C20H20O4. The molecule has 124 valence electrons. The van der Waals surface area contributed by atoms with Crippen molar-refractivity contribution in [1.82, 2.24) is 0 Å². The van der Waals surface area contributed by atoms with Gasteiger partial charge < -0.3 is 14.6 Å². The van der Waals surface area contributed by atoms with Gasteiger partial charge >= 0.3 is 0 Å². The molecule has 0 saturated carbocycles. The molecule has 0 aromatic heterocycles. The number of phenols is 1. The number of fused-ring (bicyclic) bond motifs is 3. The normalized spacial score (nSPS) is 21.2. The first-order chi connectivity index (χ1) is 11.4. The van der Waals surface area contributed by atoms with Crippen molar-refractivity contribution in [3.05, 3.63) is 53.1 Å². The number of hydrogen-bond acceptors (Lipinski definition) is 4. The van der Waals surface area contributed by atoms with Crippen LogP contribution in [0.25, 0.3) is 0 Å². The predicted octanol–water partition coefficient (Wildman–Crippen LogP) is 4.20. The standard InChI is InChI=1S/C20H20O4/c1-20(2)9-8-13-17(24-20)11-15(22)18-14(21)10-16(23-19(13)18)12-6-4-3-5-7-12/h3-7,11,16,22H,8-10H2,1-2H3/t16-/m0/s1. The highest BCUT2D eigenvalue weighted by molar-refractivity contribution is 6.03. The van der Waals surface area contributed by atoms with Crippen molar-refractivity contribution in [1.29, 1.82) is 0 Å². The Morgan fingerprint density at radius 3 is 2.71 bits per heavy atom. The van der Waals surface area contributed by atoms with E-state index >= 15 is 0 Å². The molecule has 2 heterocycles. The molecule has 2 aliphatic rings. The number of hydrogen-bond donors (Lipinski definition) is 1. The van der Waals surface area contributed by atoms with Gasteiger partial charge in [0.15, 0.2) is 5.78 Å². The highest BCUT2D eigenvalue weighted by Gasteiger charge is 2.37. The van der Waals surface area contributed by atoms with Gasteiger partial charge in [0.05, 0.1) is 6.42 Å². The van der Waals surface area contributed by atoms with Gasteiger partial charge in [-0.15, -0.1) is 0 Å². The molecule has 24 heavy (non-hydrogen) atoms. The third-order valence-electron chi connectivity index (χ3n) is 4.77. The summed E-state index contributed by atoms with van der Waals surface area (Å²) in [5.74, 6) is 0.961. The van der Waals surface area contributed by atoms with Crippen molar-refractivity contribution < 1.29 is 19.4 Å². The minimum absolute atomic E-state index is 0.0574. The molecule has 4 nitrogen and oxygen atoms in total. The van der Waals surface area contributed by atoms with E-state index in [1.807, 2.05) is 44.2 Å². The van der Waals surface area contributed by atoms with E-state index < -0.39 is 0 Å². The average molecular weight is 324 g/mol. The molecule has 2 aromatic carbocycles. The Morgan fingerprint density at radius 2 is 1.96 bits per heavy atom. The van der Waals surface area contributed by atoms with Crippen molar-refractivity contribution in [2.45, 2.75) is 44.8 Å². The van der Waals surface area contributed by atoms with Crippen LogP contribution >= 0.6 is 0 Å². The number of carbonyl (C=O) groups excluding carboxylic acids is 1. The summed E-state index contributed by atoms with van der Waals surface area (Å²) < 4.78 is 12.2. The maximum absolute atomic E-state index is 12.6. The lowest BCUT2D eigenvalue weighted by Crippen LogP contribution is -2.33. The quantitative estimate of drug-likeness (QED) is 0.854. The van der Waals surface area contributed by atoms with Gasteiger partial charge in [-0.3, -0.25) is 4.79 Å². The summed E-state index contributed by atoms with van der Waals surface area (Å²) >= 11 is 0. The molecule has 2 aliphatic heterocycles. The Bertz CT molecular complexity index is 808. The lowest BCUT2D eigenvalue weighted by atomic mass is 9.88. The summed E-state index contributed by atoms with van der Waals surface area (Å²) in [6, 6.07) is 11.3. The number of phenolic OH excluding ortho intramolecular Hbond substituents is 1. The third-order valence-corrected chi connectivity index (χ3v) is 4.77. The van der Waals surface area contributed by atoms with E-state index in [4.69, 9.17) is 9.47 Å². The highest BCUT2D eigenvalue weighted by Crippen LogP contribution is 2.48. The topological polar surface area (TPSA) is 55.8 Å². The van der Waals surface area contributed by atoms with Gasteiger partial charge in [0.1, 0.15) is 34.5 Å². The van der Waals surface area contributed by atoms with Crippen molar-refractivity contribution in [2.75, 3.05) is 0 Å². The molecule has 1 atom stereocenters. The van der Waals surface area contributed by atoms with Gasteiger partial charge in [-0.05, 0) is 32.3 Å². The lowest BCUT2D eigenvalue weighted by Gasteiger charge is -2.36. The van der Waals surface area contributed by atoms with Crippen LogP contribution in [-0.4, -0.2) is 16.5 Å². The van der Waals surface area contributed by atoms with Crippen LogP contribution in [0.3, 0.4) is 0 Å². The molecule has 4 heteroatoms. The van der Waals surface area contributed by atoms with Gasteiger partial charge in [-0.1, -0.05) is 30.3 Å². The number of benzene rings is 2. The van der Waals surface area contributed by atoms with Crippen LogP contribution in [-0.2, 0) is 6.42 Å². The molecule has 2 aromatic rings. The summed E-state index contributed by atoms with van der Waals surface area (Å²) in [7, 11) is 0. The number of ether oxygens (including phenoxy) is 2. The van der Waals surface area contributed by atoms with E-state index in [2.05, 4.69) is 0 Å². The Kier molecular flexibility index (Phi) is 3.30. The summed E-state index contributed by atoms with van der Waals surface area (Å²) in [6.07, 6.45) is 1.51. The van der Waals surface area contributed by atoms with Gasteiger partial charge in [-0.2, -0.15) is 0 Å². The number of Topliss-reactive ketones (excluding diaryl/α,β-unsaturated/α-hetero) is 1. The fourth-order valence-electron chi connectivity index (χ4n) is 3.47. The van der Waals surface area contributed by atoms with E-state index in [-0.39, 0.29) is 29.7 Å². The minimum Gasteiger partial charge on any atom is -0.507 e. The van der Waals surface area contributed by atoms with Crippen molar-refractivity contribution in [3.8, 4) is 17.2 Å². The molecular weight excluding hydrogens is 304 g/mol. The van der Waals surface area contributed by atoms with Crippen LogP contribution < -0.4 is 9.47 Å². The Balaban J connectivity index is 1.81. The molecule has 0 radical (unpaired) electrons. The first-order valence-electron chi connectivity index (χ1n) is 8.27. The van der Waals surface area contributed by atoms with Crippen LogP contribution in [0, 0.1) is 0 Å². The largest absolute Gasteiger partial charge is 0.507 e. The molecule has 0 amide bonds. The monoisotopic (exact) mass is 324 g/mol. The van der Waals surface area contributed by atoms with Crippen molar-refractivity contribution in [2.24, 2.45) is 0 Å². The Hall–Kier alpha value is -2.49. The Labute approximate surface area is 141 Å². The van der Waals surface area contributed by atoms with Crippen LogP contribution in [0.2, 0.25) is 0 Å². The smallest absolute Gasteiger partial charge is 0.174 e. The fourth-order valence-corrected chi connectivity index (χ4v) is 3.47. The molecule has 0 bridgehead atoms. The van der Waals surface area contributed by atoms with E-state index in [1.54, 1.807) is 6.07 Å². The van der Waals surface area contributed by atoms with E-state index in [0.29, 0.717) is 17.1 Å². The first-order valence-corrected chi connectivity index (χ1v) is 8.27. The average Bonchev–Trinajstić information content (AvgIpc) is 2.54. The van der Waals surface area contributed by atoms with Gasteiger partial charge in [-0.25, -0.2) is 0 Å². The number of rotatable bonds is 1. The second-order valence-corrected chi connectivity index (χ2v) is 7.08. The Morgan fingerprint density at radius 1 is 1.21 bits per heavy atom. The molecule has 0 spiro atoms. The van der Waals surface area contributed by atoms with E-state index in [9.17, 15) is 9.90 Å². The van der Waals surface area contributed by atoms with E-state index in [0.717, 1.165) is 24.0 Å². The minimum atomic E-state index is -0.327. The zero-order chi connectivity index (χ0) is 16.9. The zero-order valence-corrected chi connectivity index (χ0v) is 13.8.